The molecular weight excluding hydrogens is 360 g/mol. The number of hydrogen-bond acceptors (Lipinski definition) is 8. The lowest BCUT2D eigenvalue weighted by molar-refractivity contribution is 0.102. The fourth-order valence-corrected chi connectivity index (χ4v) is 3.44. The van der Waals surface area contributed by atoms with Gasteiger partial charge in [-0.15, -0.1) is 11.3 Å². The maximum atomic E-state index is 12.2. The summed E-state index contributed by atoms with van der Waals surface area (Å²) in [7, 11) is 3.16. The predicted molar refractivity (Wildman–Crippen MR) is 99.7 cm³/mol. The molecule has 0 saturated heterocycles. The van der Waals surface area contributed by atoms with Crippen LogP contribution in [0.25, 0.3) is 0 Å². The summed E-state index contributed by atoms with van der Waals surface area (Å²) >= 11 is 2.59. The smallest absolute Gasteiger partial charge is 0.275 e. The number of ether oxygens (including phenoxy) is 2. The Labute approximate surface area is 152 Å². The Hall–Kier alpha value is -2.65. The highest BCUT2D eigenvalue weighted by Crippen LogP contribution is 2.31. The van der Waals surface area contributed by atoms with Crippen LogP contribution in [0.2, 0.25) is 0 Å². The van der Waals surface area contributed by atoms with Crippen molar-refractivity contribution in [3.63, 3.8) is 0 Å². The van der Waals surface area contributed by atoms with Crippen molar-refractivity contribution in [3.05, 3.63) is 41.0 Å². The van der Waals surface area contributed by atoms with Crippen LogP contribution in [-0.4, -0.2) is 29.5 Å². The molecule has 25 heavy (non-hydrogen) atoms. The molecule has 0 aliphatic rings. The Bertz CT molecular complexity index is 891. The van der Waals surface area contributed by atoms with Crippen molar-refractivity contribution in [2.75, 3.05) is 24.9 Å². The number of aryl methyl sites for hydroxylation is 1. The second-order valence-corrected chi connectivity index (χ2v) is 6.68. The molecule has 0 saturated carbocycles. The molecule has 1 amide bonds. The van der Waals surface area contributed by atoms with E-state index >= 15 is 0 Å². The number of nitrogens with zero attached hydrogens (tertiary/aromatic N) is 2. The van der Waals surface area contributed by atoms with E-state index in [-0.39, 0.29) is 5.91 Å². The molecule has 0 spiro atoms. The first-order valence-corrected chi connectivity index (χ1v) is 8.93. The van der Waals surface area contributed by atoms with Gasteiger partial charge in [-0.2, -0.15) is 4.37 Å². The van der Waals surface area contributed by atoms with Gasteiger partial charge in [0, 0.05) is 17.1 Å². The fraction of sp³-hybridized carbons (Fsp3) is 0.188. The minimum Gasteiger partial charge on any atom is -0.493 e. The van der Waals surface area contributed by atoms with E-state index in [1.807, 2.05) is 19.1 Å². The summed E-state index contributed by atoms with van der Waals surface area (Å²) in [6.45, 7) is 1.88. The molecule has 2 heterocycles. The van der Waals surface area contributed by atoms with Gasteiger partial charge in [0.2, 0.25) is 0 Å². The molecule has 0 unspecified atom stereocenters. The van der Waals surface area contributed by atoms with Gasteiger partial charge < -0.3 is 20.1 Å². The van der Waals surface area contributed by atoms with Crippen LogP contribution in [0.1, 0.15) is 16.2 Å². The lowest BCUT2D eigenvalue weighted by atomic mass is 10.3. The second kappa shape index (κ2) is 7.49. The quantitative estimate of drug-likeness (QED) is 0.678. The van der Waals surface area contributed by atoms with Crippen LogP contribution in [0.4, 0.5) is 15.8 Å². The summed E-state index contributed by atoms with van der Waals surface area (Å²) in [6, 6.07) is 7.27. The Kier molecular flexibility index (Phi) is 5.15. The molecular formula is C16H16N4O3S2. The highest BCUT2D eigenvalue weighted by Gasteiger charge is 2.13. The molecule has 0 bridgehead atoms. The van der Waals surface area contributed by atoms with E-state index in [9.17, 15) is 4.79 Å². The molecule has 9 heteroatoms. The molecule has 2 aromatic heterocycles. The third-order valence-corrected chi connectivity index (χ3v) is 4.79. The third kappa shape index (κ3) is 4.06. The van der Waals surface area contributed by atoms with Crippen molar-refractivity contribution in [2.24, 2.45) is 0 Å². The summed E-state index contributed by atoms with van der Waals surface area (Å²) in [4.78, 5) is 16.5. The molecule has 0 fully saturated rings. The lowest BCUT2D eigenvalue weighted by Gasteiger charge is -2.09. The Morgan fingerprint density at radius 1 is 1.16 bits per heavy atom. The normalized spacial score (nSPS) is 10.4. The third-order valence-electron chi connectivity index (χ3n) is 3.24. The molecule has 1 aromatic carbocycles. The van der Waals surface area contributed by atoms with Crippen LogP contribution in [0.5, 0.6) is 11.5 Å². The lowest BCUT2D eigenvalue weighted by Crippen LogP contribution is -2.11. The van der Waals surface area contributed by atoms with E-state index in [0.29, 0.717) is 27.3 Å². The van der Waals surface area contributed by atoms with Crippen molar-refractivity contribution in [2.45, 2.75) is 6.92 Å². The predicted octanol–water partition coefficient (Wildman–Crippen LogP) is 3.92. The molecule has 3 aromatic rings. The van der Waals surface area contributed by atoms with Crippen molar-refractivity contribution >= 4 is 44.6 Å². The maximum absolute atomic E-state index is 12.2. The second-order valence-electron chi connectivity index (χ2n) is 5.02. The molecule has 0 atom stereocenters. The Morgan fingerprint density at radius 2 is 1.96 bits per heavy atom. The van der Waals surface area contributed by atoms with Crippen LogP contribution in [0.15, 0.2) is 29.6 Å². The van der Waals surface area contributed by atoms with Crippen LogP contribution in [-0.2, 0) is 0 Å². The molecule has 130 valence electrons. The molecule has 2 N–H and O–H groups in total. The summed E-state index contributed by atoms with van der Waals surface area (Å²) < 4.78 is 14.6. The average molecular weight is 376 g/mol. The molecule has 3 rings (SSSR count). The van der Waals surface area contributed by atoms with Gasteiger partial charge in [-0.3, -0.25) is 4.79 Å². The number of anilines is 3. The first-order chi connectivity index (χ1) is 12.1. The average Bonchev–Trinajstić information content (AvgIpc) is 3.24. The zero-order valence-electron chi connectivity index (χ0n) is 13.8. The largest absolute Gasteiger partial charge is 0.493 e. The van der Waals surface area contributed by atoms with Crippen molar-refractivity contribution in [3.8, 4) is 11.5 Å². The minimum atomic E-state index is -0.264. The van der Waals surface area contributed by atoms with E-state index in [4.69, 9.17) is 9.47 Å². The number of benzene rings is 1. The Morgan fingerprint density at radius 3 is 2.64 bits per heavy atom. The molecule has 7 nitrogen and oxygen atoms in total. The Balaban J connectivity index is 1.70. The highest BCUT2D eigenvalue weighted by atomic mass is 32.1. The van der Waals surface area contributed by atoms with E-state index in [1.54, 1.807) is 31.7 Å². The number of methoxy groups -OCH3 is 2. The summed E-state index contributed by atoms with van der Waals surface area (Å²) in [6.07, 6.45) is 0. The number of carbonyl (C=O) groups is 1. The summed E-state index contributed by atoms with van der Waals surface area (Å²) in [5.41, 5.74) is 2.01. The zero-order valence-corrected chi connectivity index (χ0v) is 15.5. The van der Waals surface area contributed by atoms with Gasteiger partial charge in [0.1, 0.15) is 10.7 Å². The van der Waals surface area contributed by atoms with Crippen LogP contribution >= 0.6 is 22.9 Å². The summed E-state index contributed by atoms with van der Waals surface area (Å²) in [5.74, 6) is 0.995. The van der Waals surface area contributed by atoms with Crippen molar-refractivity contribution < 1.29 is 14.3 Å². The van der Waals surface area contributed by atoms with Crippen LogP contribution in [0, 0.1) is 6.92 Å². The standard InChI is InChI=1S/C16H16N4O3S2/c1-9-6-14(25-20-9)19-15(21)11-8-24-16(18-11)17-10-4-5-12(22-2)13(7-10)23-3/h4-8H,1-3H3,(H,17,18)(H,19,21). The number of rotatable bonds is 6. The van der Waals surface area contributed by atoms with Gasteiger partial charge in [-0.05, 0) is 36.7 Å². The topological polar surface area (TPSA) is 85.4 Å². The van der Waals surface area contributed by atoms with Gasteiger partial charge in [0.05, 0.1) is 19.9 Å². The first-order valence-electron chi connectivity index (χ1n) is 7.28. The monoisotopic (exact) mass is 376 g/mol. The van der Waals surface area contributed by atoms with Gasteiger partial charge in [-0.1, -0.05) is 0 Å². The first kappa shape index (κ1) is 17.2. The number of nitrogens with one attached hydrogen (secondary N) is 2. The number of hydrogen-bond donors (Lipinski definition) is 2. The number of carbonyl (C=O) groups excluding carboxylic acids is 1. The highest BCUT2D eigenvalue weighted by molar-refractivity contribution is 7.14. The number of thiazole rings is 1. The fourth-order valence-electron chi connectivity index (χ4n) is 2.07. The van der Waals surface area contributed by atoms with Crippen LogP contribution in [0.3, 0.4) is 0 Å². The summed E-state index contributed by atoms with van der Waals surface area (Å²) in [5, 5.41) is 8.95. The van der Waals surface area contributed by atoms with Gasteiger partial charge >= 0.3 is 0 Å². The van der Waals surface area contributed by atoms with E-state index < -0.39 is 0 Å². The zero-order chi connectivity index (χ0) is 17.8. The number of aromatic nitrogens is 2. The number of amides is 1. The molecule has 0 aliphatic heterocycles. The van der Waals surface area contributed by atoms with Gasteiger partial charge in [0.15, 0.2) is 16.6 Å². The SMILES string of the molecule is COc1ccc(Nc2nc(C(=O)Nc3cc(C)ns3)cs2)cc1OC. The maximum Gasteiger partial charge on any atom is 0.275 e. The van der Waals surface area contributed by atoms with E-state index in [1.165, 1.54) is 22.9 Å². The van der Waals surface area contributed by atoms with Crippen molar-refractivity contribution in [1.29, 1.82) is 0 Å². The van der Waals surface area contributed by atoms with E-state index in [2.05, 4.69) is 20.0 Å². The van der Waals surface area contributed by atoms with Gasteiger partial charge in [-0.25, -0.2) is 4.98 Å². The molecule has 0 aliphatic carbocycles. The van der Waals surface area contributed by atoms with E-state index in [0.717, 1.165) is 11.4 Å². The molecule has 0 radical (unpaired) electrons. The minimum absolute atomic E-state index is 0.264. The van der Waals surface area contributed by atoms with Gasteiger partial charge in [0.25, 0.3) is 5.91 Å². The van der Waals surface area contributed by atoms with Crippen molar-refractivity contribution in [1.82, 2.24) is 9.36 Å². The van der Waals surface area contributed by atoms with Crippen LogP contribution < -0.4 is 20.1 Å².